The fourth-order valence-electron chi connectivity index (χ4n) is 13.2. The Bertz CT molecular complexity index is 4190. The van der Waals surface area contributed by atoms with E-state index in [0.29, 0.717) is 0 Å². The largest absolute Gasteiger partial charge is 0.458 e. The van der Waals surface area contributed by atoms with Crippen LogP contribution in [0.1, 0.15) is 105 Å². The molecule has 4 heteroatoms. The number of ether oxygens (including phenoxy) is 2. The van der Waals surface area contributed by atoms with Gasteiger partial charge in [0.25, 0.3) is 6.71 Å². The van der Waals surface area contributed by atoms with Crippen molar-refractivity contribution in [3.8, 4) is 78.6 Å². The Hall–Kier alpha value is -8.70. The summed E-state index contributed by atoms with van der Waals surface area (Å²) in [5.74, 6) is 3.35. The minimum atomic E-state index is -2.96. The molecule has 0 N–H and O–H groups in total. The van der Waals surface area contributed by atoms with Crippen LogP contribution in [0.3, 0.4) is 0 Å². The SMILES string of the molecule is CC(C)(C)c1cc(-c2ccc3c(c2)Oc2c(-c4cccc([Si](c5ccccc5)(c5ccccc5)c5ccccc5)c4)cc(-c4ccccc4-c4ccccc4)c4c2B3c2ccc(-c3cc(C(C)(C)C)cc(C(C)(C)C)c3)cc2O4)cc(C(C)(C)C)c1. The summed E-state index contributed by atoms with van der Waals surface area (Å²) in [5.41, 5.74) is 19.5. The first-order valence-corrected chi connectivity index (χ1v) is 32.7. The van der Waals surface area contributed by atoms with Crippen molar-refractivity contribution < 1.29 is 9.47 Å². The summed E-state index contributed by atoms with van der Waals surface area (Å²) in [6, 6.07) is 93.5. The summed E-state index contributed by atoms with van der Waals surface area (Å²) in [6.07, 6.45) is 0. The first kappa shape index (κ1) is 56.4. The lowest BCUT2D eigenvalue weighted by Crippen LogP contribution is -2.74. The van der Waals surface area contributed by atoms with E-state index in [1.54, 1.807) is 0 Å². The summed E-state index contributed by atoms with van der Waals surface area (Å²) in [7, 11) is -2.96. The molecule has 0 amide bonds. The van der Waals surface area contributed by atoms with E-state index in [1.807, 2.05) is 0 Å². The summed E-state index contributed by atoms with van der Waals surface area (Å²) in [6.45, 7) is 27.6. The molecule has 2 heterocycles. The number of hydrogen-bond acceptors (Lipinski definition) is 2. The maximum Gasteiger partial charge on any atom is 0.260 e. The van der Waals surface area contributed by atoms with Crippen LogP contribution < -0.4 is 46.6 Å². The van der Waals surface area contributed by atoms with Crippen LogP contribution >= 0.6 is 0 Å². The molecule has 2 nitrogen and oxygen atoms in total. The molecule has 0 unspecified atom stereocenters. The van der Waals surface area contributed by atoms with Crippen LogP contribution in [0.2, 0.25) is 0 Å². The lowest BCUT2D eigenvalue weighted by molar-refractivity contribution is 0.467. The average molecular weight is 1130 g/mol. The van der Waals surface area contributed by atoms with E-state index >= 15 is 0 Å². The summed E-state index contributed by atoms with van der Waals surface area (Å²) >= 11 is 0. The highest BCUT2D eigenvalue weighted by Gasteiger charge is 2.45. The third-order valence-electron chi connectivity index (χ3n) is 18.2. The van der Waals surface area contributed by atoms with E-state index < -0.39 is 8.07 Å². The molecule has 0 aromatic heterocycles. The molecule has 0 saturated heterocycles. The van der Waals surface area contributed by atoms with Crippen molar-refractivity contribution in [1.29, 1.82) is 0 Å². The van der Waals surface area contributed by atoms with Gasteiger partial charge >= 0.3 is 0 Å². The predicted molar refractivity (Wildman–Crippen MR) is 370 cm³/mol. The van der Waals surface area contributed by atoms with E-state index in [4.69, 9.17) is 9.47 Å². The smallest absolute Gasteiger partial charge is 0.260 e. The van der Waals surface area contributed by atoms with Gasteiger partial charge < -0.3 is 9.47 Å². The molecule has 13 rings (SSSR count). The second-order valence-corrected chi connectivity index (χ2v) is 31.9. The molecule has 2 aliphatic rings. The zero-order valence-corrected chi connectivity index (χ0v) is 53.1. The minimum Gasteiger partial charge on any atom is -0.458 e. The second-order valence-electron chi connectivity index (χ2n) is 28.1. The summed E-state index contributed by atoms with van der Waals surface area (Å²) in [5, 5.41) is 5.26. The molecule has 0 radical (unpaired) electrons. The fraction of sp³-hybridized carbons (Fsp3) is 0.195. The maximum atomic E-state index is 7.78. The van der Waals surface area contributed by atoms with Crippen molar-refractivity contribution in [3.63, 3.8) is 0 Å². The molecular formula is C82H77BO2Si. The number of hydrogen-bond donors (Lipinski definition) is 0. The first-order valence-electron chi connectivity index (χ1n) is 30.7. The molecule has 86 heavy (non-hydrogen) atoms. The van der Waals surface area contributed by atoms with Crippen molar-refractivity contribution in [2.45, 2.75) is 105 Å². The van der Waals surface area contributed by atoms with Crippen LogP contribution in [0.25, 0.3) is 55.6 Å². The van der Waals surface area contributed by atoms with Gasteiger partial charge in [0.1, 0.15) is 23.0 Å². The predicted octanol–water partition coefficient (Wildman–Crippen LogP) is 17.3. The van der Waals surface area contributed by atoms with E-state index in [0.717, 1.165) is 83.9 Å². The lowest BCUT2D eigenvalue weighted by atomic mass is 9.34. The molecule has 11 aromatic rings. The van der Waals surface area contributed by atoms with Gasteiger partial charge in [-0.3, -0.25) is 0 Å². The van der Waals surface area contributed by atoms with E-state index in [-0.39, 0.29) is 28.4 Å². The van der Waals surface area contributed by atoms with E-state index in [1.165, 1.54) is 54.1 Å². The van der Waals surface area contributed by atoms with Crippen LogP contribution in [0.5, 0.6) is 23.0 Å². The standard InChI is InChI=1S/C82H77BO2Si/c1-79(2,3)60-44-58(45-61(51-60)80(4,5)6)55-40-42-72-74(49-55)84-77-70(57-30-27-37-67(48-57)86(64-31-19-14-20-32-64,65-33-21-15-22-34-65)66-35-23-16-24-36-66)53-71(69-39-26-25-38-68(69)54-28-17-13-18-29-54)78-76(77)83(72)73-43-41-56(50-75(73)85-78)59-46-62(81(7,8)9)52-63(47-59)82(10,11)12/h13-53H,1-12H3. The average Bonchev–Trinajstić information content (AvgIpc) is 0.795. The topological polar surface area (TPSA) is 18.5 Å². The van der Waals surface area contributed by atoms with Gasteiger partial charge in [0.15, 0.2) is 8.07 Å². The first-order chi connectivity index (χ1) is 41.1. The van der Waals surface area contributed by atoms with Gasteiger partial charge in [0.05, 0.1) is 0 Å². The van der Waals surface area contributed by atoms with Gasteiger partial charge in [0.2, 0.25) is 0 Å². The van der Waals surface area contributed by atoms with Gasteiger partial charge in [-0.05, 0) is 138 Å². The van der Waals surface area contributed by atoms with Crippen LogP contribution in [0, 0.1) is 0 Å². The molecule has 0 bridgehead atoms. The Balaban J connectivity index is 1.11. The molecule has 0 atom stereocenters. The highest BCUT2D eigenvalue weighted by atomic mass is 28.3. The number of rotatable bonds is 9. The van der Waals surface area contributed by atoms with E-state index in [2.05, 4.69) is 332 Å². The summed E-state index contributed by atoms with van der Waals surface area (Å²) in [4.78, 5) is 0. The Labute approximate surface area is 512 Å². The Kier molecular flexibility index (Phi) is 14.0. The van der Waals surface area contributed by atoms with Crippen LogP contribution in [-0.2, 0) is 21.7 Å². The van der Waals surface area contributed by atoms with Gasteiger partial charge in [-0.1, -0.05) is 314 Å². The van der Waals surface area contributed by atoms with Crippen LogP contribution in [-0.4, -0.2) is 14.8 Å². The van der Waals surface area contributed by atoms with Crippen LogP contribution in [0.15, 0.2) is 249 Å². The third kappa shape index (κ3) is 10.2. The normalized spacial score (nSPS) is 13.0. The molecule has 424 valence electrons. The fourth-order valence-corrected chi connectivity index (χ4v) is 18.0. The molecule has 11 aromatic carbocycles. The molecule has 0 saturated carbocycles. The Morgan fingerprint density at radius 1 is 0.267 bits per heavy atom. The van der Waals surface area contributed by atoms with Gasteiger partial charge in [-0.25, -0.2) is 0 Å². The van der Waals surface area contributed by atoms with Crippen molar-refractivity contribution in [2.75, 3.05) is 0 Å². The van der Waals surface area contributed by atoms with Gasteiger partial charge in [0, 0.05) is 16.6 Å². The molecule has 0 fully saturated rings. The van der Waals surface area contributed by atoms with Crippen LogP contribution in [0.4, 0.5) is 0 Å². The summed E-state index contributed by atoms with van der Waals surface area (Å²) < 4.78 is 15.5. The lowest BCUT2D eigenvalue weighted by Gasteiger charge is -2.36. The number of benzene rings is 11. The monoisotopic (exact) mass is 1130 g/mol. The minimum absolute atomic E-state index is 0.0459. The Morgan fingerprint density at radius 3 is 1.07 bits per heavy atom. The second kappa shape index (κ2) is 21.4. The quantitative estimate of drug-likeness (QED) is 0.106. The van der Waals surface area contributed by atoms with E-state index in [9.17, 15) is 0 Å². The maximum absolute atomic E-state index is 7.78. The molecular weight excluding hydrogens is 1060 g/mol. The highest BCUT2D eigenvalue weighted by molar-refractivity contribution is 7.20. The zero-order valence-electron chi connectivity index (χ0n) is 52.1. The van der Waals surface area contributed by atoms with Crippen molar-refractivity contribution in [2.24, 2.45) is 0 Å². The van der Waals surface area contributed by atoms with Gasteiger partial charge in [-0.2, -0.15) is 0 Å². The molecule has 2 aliphatic heterocycles. The van der Waals surface area contributed by atoms with Gasteiger partial charge in [-0.15, -0.1) is 0 Å². The third-order valence-corrected chi connectivity index (χ3v) is 22.9. The van der Waals surface area contributed by atoms with Crippen molar-refractivity contribution in [3.05, 3.63) is 271 Å². The molecule has 0 aliphatic carbocycles. The highest BCUT2D eigenvalue weighted by Crippen LogP contribution is 2.49. The number of fused-ring (bicyclic) bond motifs is 4. The van der Waals surface area contributed by atoms with Crippen molar-refractivity contribution >= 4 is 51.9 Å². The molecule has 0 spiro atoms. The van der Waals surface area contributed by atoms with Crippen molar-refractivity contribution in [1.82, 2.24) is 0 Å². The zero-order chi connectivity index (χ0) is 59.9. The Morgan fingerprint density at radius 2 is 0.640 bits per heavy atom.